The summed E-state index contributed by atoms with van der Waals surface area (Å²) >= 11 is 0. The van der Waals surface area contributed by atoms with E-state index < -0.39 is 11.5 Å². The predicted octanol–water partition coefficient (Wildman–Crippen LogP) is 4.51. The molecular formula is C31H33FN4O5. The van der Waals surface area contributed by atoms with E-state index in [1.54, 1.807) is 73.1 Å². The second-order valence-corrected chi connectivity index (χ2v) is 11.0. The number of hydrogen-bond donors (Lipinski definition) is 3. The maximum absolute atomic E-state index is 14.4. The number of primary amides is 1. The molecule has 9 nitrogen and oxygen atoms in total. The Morgan fingerprint density at radius 2 is 1.85 bits per heavy atom. The molecule has 10 heteroatoms. The second-order valence-electron chi connectivity index (χ2n) is 11.0. The van der Waals surface area contributed by atoms with Crippen molar-refractivity contribution in [3.63, 3.8) is 0 Å². The fourth-order valence-corrected chi connectivity index (χ4v) is 4.94. The summed E-state index contributed by atoms with van der Waals surface area (Å²) in [5, 5.41) is 17.3. The van der Waals surface area contributed by atoms with E-state index in [9.17, 15) is 19.1 Å². The Balaban J connectivity index is 1.21. The van der Waals surface area contributed by atoms with Crippen LogP contribution in [0.2, 0.25) is 0 Å². The number of halogens is 1. The Bertz CT molecular complexity index is 1570. The van der Waals surface area contributed by atoms with E-state index in [4.69, 9.17) is 15.2 Å². The van der Waals surface area contributed by atoms with Crippen molar-refractivity contribution in [2.45, 2.75) is 57.3 Å². The van der Waals surface area contributed by atoms with Crippen molar-refractivity contribution in [3.8, 4) is 22.6 Å². The number of rotatable bonds is 9. The van der Waals surface area contributed by atoms with E-state index in [0.717, 1.165) is 0 Å². The van der Waals surface area contributed by atoms with Gasteiger partial charge in [-0.05, 0) is 75.4 Å². The average molecular weight is 561 g/mol. The van der Waals surface area contributed by atoms with Gasteiger partial charge in [0.05, 0.1) is 40.7 Å². The van der Waals surface area contributed by atoms with Crippen LogP contribution in [0, 0.1) is 5.82 Å². The lowest BCUT2D eigenvalue weighted by molar-refractivity contribution is 0.0283. The van der Waals surface area contributed by atoms with Crippen LogP contribution in [-0.4, -0.2) is 50.9 Å². The van der Waals surface area contributed by atoms with Crippen molar-refractivity contribution < 1.29 is 28.6 Å². The van der Waals surface area contributed by atoms with Crippen LogP contribution in [0.4, 0.5) is 4.39 Å². The Kier molecular flexibility index (Phi) is 7.94. The normalized spacial score (nSPS) is 17.3. The van der Waals surface area contributed by atoms with E-state index in [0.29, 0.717) is 59.4 Å². The highest BCUT2D eigenvalue weighted by Crippen LogP contribution is 2.32. The van der Waals surface area contributed by atoms with Crippen LogP contribution in [0.25, 0.3) is 16.6 Å². The molecule has 214 valence electrons. The van der Waals surface area contributed by atoms with Gasteiger partial charge in [-0.15, -0.1) is 0 Å². The molecule has 2 aromatic carbocycles. The molecule has 0 unspecified atom stereocenters. The molecule has 1 saturated carbocycles. The number of nitrogens with one attached hydrogen (secondary N) is 1. The molecule has 2 amide bonds. The zero-order valence-electron chi connectivity index (χ0n) is 23.0. The Morgan fingerprint density at radius 3 is 2.56 bits per heavy atom. The minimum absolute atomic E-state index is 0.0490. The van der Waals surface area contributed by atoms with Crippen molar-refractivity contribution in [1.29, 1.82) is 0 Å². The quantitative estimate of drug-likeness (QED) is 0.276. The minimum atomic E-state index is -0.968. The molecule has 41 heavy (non-hydrogen) atoms. The van der Waals surface area contributed by atoms with Crippen LogP contribution >= 0.6 is 0 Å². The van der Waals surface area contributed by atoms with Gasteiger partial charge in [-0.1, -0.05) is 24.3 Å². The summed E-state index contributed by atoms with van der Waals surface area (Å²) in [7, 11) is 0. The Labute approximate surface area is 237 Å². The van der Waals surface area contributed by atoms with Crippen molar-refractivity contribution in [2.24, 2.45) is 5.73 Å². The lowest BCUT2D eigenvalue weighted by Gasteiger charge is -2.30. The lowest BCUT2D eigenvalue weighted by Crippen LogP contribution is -2.39. The smallest absolute Gasteiger partial charge is 0.255 e. The monoisotopic (exact) mass is 560 g/mol. The number of aromatic nitrogens is 2. The third kappa shape index (κ3) is 6.66. The van der Waals surface area contributed by atoms with Gasteiger partial charge >= 0.3 is 0 Å². The van der Waals surface area contributed by atoms with E-state index >= 15 is 0 Å². The van der Waals surface area contributed by atoms with Gasteiger partial charge in [-0.2, -0.15) is 5.10 Å². The minimum Gasteiger partial charge on any atom is -0.490 e. The Hall–Kier alpha value is -4.44. The van der Waals surface area contributed by atoms with Gasteiger partial charge < -0.3 is 25.6 Å². The van der Waals surface area contributed by atoms with Crippen molar-refractivity contribution >= 4 is 17.3 Å². The van der Waals surface area contributed by atoms with Crippen molar-refractivity contribution in [3.05, 3.63) is 83.9 Å². The summed E-state index contributed by atoms with van der Waals surface area (Å²) in [5.41, 5.74) is 6.94. The molecule has 1 aliphatic carbocycles. The number of carbonyl (C=O) groups is 2. The van der Waals surface area contributed by atoms with Crippen LogP contribution in [0.5, 0.6) is 11.5 Å². The van der Waals surface area contributed by atoms with E-state index in [-0.39, 0.29) is 36.0 Å². The number of hydrogen-bond acceptors (Lipinski definition) is 6. The number of fused-ring (bicyclic) bond motifs is 1. The van der Waals surface area contributed by atoms with Crippen molar-refractivity contribution in [1.82, 2.24) is 14.9 Å². The molecule has 4 aromatic rings. The molecule has 0 aliphatic heterocycles. The van der Waals surface area contributed by atoms with Gasteiger partial charge in [0.2, 0.25) is 0 Å². The molecule has 5 rings (SSSR count). The van der Waals surface area contributed by atoms with Gasteiger partial charge in [0.15, 0.2) is 0 Å². The molecule has 0 spiro atoms. The first-order chi connectivity index (χ1) is 19.6. The molecule has 1 fully saturated rings. The fraction of sp³-hybridized carbons (Fsp3) is 0.323. The molecule has 2 heterocycles. The summed E-state index contributed by atoms with van der Waals surface area (Å²) < 4.78 is 27.8. The van der Waals surface area contributed by atoms with Crippen LogP contribution < -0.4 is 20.5 Å². The zero-order valence-corrected chi connectivity index (χ0v) is 23.0. The summed E-state index contributed by atoms with van der Waals surface area (Å²) in [6.07, 6.45) is 5.69. The number of carbonyl (C=O) groups excluding carboxylic acids is 2. The standard InChI is InChI=1S/C31H33FN4O5/c1-31(2,39)18-40-22-12-14-27-25(16-34-36(27)17-22)30(38)35-20-8-10-21(11-9-20)41-28-15-19(7-13-24(28)29(33)37)23-5-3-4-6-26(23)32/h3-7,12-17,20-21,39H,8-11,18H2,1-2H3,(H2,33,37)(H,35,38). The summed E-state index contributed by atoms with van der Waals surface area (Å²) in [6, 6.07) is 14.7. The van der Waals surface area contributed by atoms with Crippen LogP contribution in [0.3, 0.4) is 0 Å². The highest BCUT2D eigenvalue weighted by Gasteiger charge is 2.26. The first-order valence-corrected chi connectivity index (χ1v) is 13.6. The molecule has 0 saturated heterocycles. The van der Waals surface area contributed by atoms with E-state index in [1.807, 2.05) is 0 Å². The summed E-state index contributed by atoms with van der Waals surface area (Å²) in [5.74, 6) is -0.351. The first kappa shape index (κ1) is 28.1. The third-order valence-electron chi connectivity index (χ3n) is 7.06. The van der Waals surface area contributed by atoms with E-state index in [1.165, 1.54) is 12.3 Å². The largest absolute Gasteiger partial charge is 0.490 e. The highest BCUT2D eigenvalue weighted by molar-refractivity contribution is 6.00. The number of aliphatic hydroxyl groups is 1. The molecule has 1 aliphatic rings. The van der Waals surface area contributed by atoms with E-state index in [2.05, 4.69) is 10.4 Å². The van der Waals surface area contributed by atoms with Crippen LogP contribution in [-0.2, 0) is 0 Å². The molecule has 0 radical (unpaired) electrons. The lowest BCUT2D eigenvalue weighted by atomic mass is 9.92. The van der Waals surface area contributed by atoms with Crippen LogP contribution in [0.15, 0.2) is 67.0 Å². The molecular weight excluding hydrogens is 527 g/mol. The van der Waals surface area contributed by atoms with Gasteiger partial charge in [-0.3, -0.25) is 9.59 Å². The van der Waals surface area contributed by atoms with Crippen LogP contribution in [0.1, 0.15) is 60.2 Å². The van der Waals surface area contributed by atoms with Gasteiger partial charge in [-0.25, -0.2) is 8.91 Å². The van der Waals surface area contributed by atoms with Gasteiger partial charge in [0.25, 0.3) is 11.8 Å². The fourth-order valence-electron chi connectivity index (χ4n) is 4.94. The molecule has 2 aromatic heterocycles. The first-order valence-electron chi connectivity index (χ1n) is 13.6. The molecule has 0 bridgehead atoms. The molecule has 4 N–H and O–H groups in total. The summed E-state index contributed by atoms with van der Waals surface area (Å²) in [6.45, 7) is 3.44. The number of nitrogens with zero attached hydrogens (tertiary/aromatic N) is 2. The Morgan fingerprint density at radius 1 is 1.10 bits per heavy atom. The van der Waals surface area contributed by atoms with Gasteiger partial charge in [0.1, 0.15) is 23.9 Å². The number of amides is 2. The SMILES string of the molecule is CC(C)(O)COc1ccc2c(C(=O)NC3CCC(Oc4cc(-c5ccccc5F)ccc4C(N)=O)CC3)cnn2c1. The summed E-state index contributed by atoms with van der Waals surface area (Å²) in [4.78, 5) is 25.1. The maximum atomic E-state index is 14.4. The maximum Gasteiger partial charge on any atom is 0.255 e. The average Bonchev–Trinajstić information content (AvgIpc) is 3.36. The number of nitrogens with two attached hydrogens (primary N) is 1. The predicted molar refractivity (Wildman–Crippen MR) is 151 cm³/mol. The number of pyridine rings is 1. The zero-order chi connectivity index (χ0) is 29.1. The second kappa shape index (κ2) is 11.6. The number of ether oxygens (including phenoxy) is 2. The van der Waals surface area contributed by atoms with Crippen molar-refractivity contribution in [2.75, 3.05) is 6.61 Å². The third-order valence-corrected chi connectivity index (χ3v) is 7.06. The number of benzene rings is 2. The van der Waals surface area contributed by atoms with Gasteiger partial charge in [0, 0.05) is 11.6 Å². The highest BCUT2D eigenvalue weighted by atomic mass is 19.1. The molecule has 0 atom stereocenters. The topological polar surface area (TPSA) is 128 Å².